The van der Waals surface area contributed by atoms with Gasteiger partial charge in [-0.05, 0) is 68.0 Å². The minimum atomic E-state index is -0.400. The Morgan fingerprint density at radius 3 is 2.31 bits per heavy atom. The molecule has 0 spiro atoms. The molecule has 0 amide bonds. The van der Waals surface area contributed by atoms with E-state index in [2.05, 4.69) is 50.9 Å². The van der Waals surface area contributed by atoms with Crippen LogP contribution in [-0.2, 0) is 0 Å². The Balaban J connectivity index is 2.79. The predicted octanol–water partition coefficient (Wildman–Crippen LogP) is 4.52. The summed E-state index contributed by atoms with van der Waals surface area (Å²) in [5.41, 5.74) is 4.51. The van der Waals surface area contributed by atoms with E-state index in [0.717, 1.165) is 25.6 Å². The van der Waals surface area contributed by atoms with Crippen molar-refractivity contribution in [1.29, 1.82) is 0 Å². The number of aliphatic hydroxyl groups excluding tert-OH is 1. The van der Waals surface area contributed by atoms with Crippen LogP contribution in [0, 0.1) is 19.8 Å². The minimum absolute atomic E-state index is 0.179. The van der Waals surface area contributed by atoms with Gasteiger partial charge >= 0.3 is 0 Å². The van der Waals surface area contributed by atoms with Gasteiger partial charge in [-0.15, -0.1) is 0 Å². The third kappa shape index (κ3) is 1.69. The first-order chi connectivity index (χ1) is 7.45. The smallest absolute Gasteiger partial charge is 0.0858 e. The molecule has 1 aromatic rings. The molecule has 1 aliphatic rings. The average Bonchev–Trinajstić information content (AvgIpc) is 2.27. The van der Waals surface area contributed by atoms with E-state index in [1.807, 2.05) is 13.8 Å². The van der Waals surface area contributed by atoms with E-state index in [1.54, 1.807) is 0 Å². The Labute approximate surface area is 113 Å². The Kier molecular flexibility index (Phi) is 3.30. The van der Waals surface area contributed by atoms with Gasteiger partial charge < -0.3 is 5.11 Å². The molecule has 0 saturated carbocycles. The molecular weight excluding hydrogens is 332 g/mol. The van der Waals surface area contributed by atoms with Crippen molar-refractivity contribution in [3.05, 3.63) is 37.3 Å². The van der Waals surface area contributed by atoms with E-state index >= 15 is 0 Å². The van der Waals surface area contributed by atoms with Crippen molar-refractivity contribution in [2.75, 3.05) is 0 Å². The first-order valence-corrected chi connectivity index (χ1v) is 6.88. The van der Waals surface area contributed by atoms with Crippen molar-refractivity contribution in [2.45, 2.75) is 26.9 Å². The van der Waals surface area contributed by atoms with Crippen molar-refractivity contribution in [3.63, 3.8) is 0 Å². The second-order valence-electron chi connectivity index (χ2n) is 4.37. The lowest BCUT2D eigenvalue weighted by molar-refractivity contribution is 0.137. The summed E-state index contributed by atoms with van der Waals surface area (Å²) in [6.45, 7) is 6.15. The highest BCUT2D eigenvalue weighted by Crippen LogP contribution is 2.42. The molecule has 0 saturated heterocycles. The number of rotatable bonds is 0. The van der Waals surface area contributed by atoms with Crippen molar-refractivity contribution in [2.24, 2.45) is 5.92 Å². The normalized spacial score (nSPS) is 23.4. The van der Waals surface area contributed by atoms with Crippen LogP contribution >= 0.6 is 31.9 Å². The number of benzene rings is 1. The number of halogens is 2. The quantitative estimate of drug-likeness (QED) is 0.732. The summed E-state index contributed by atoms with van der Waals surface area (Å²) in [7, 11) is 0. The van der Waals surface area contributed by atoms with Gasteiger partial charge in [-0.3, -0.25) is 0 Å². The van der Waals surface area contributed by atoms with E-state index < -0.39 is 6.10 Å². The fourth-order valence-electron chi connectivity index (χ4n) is 2.18. The van der Waals surface area contributed by atoms with E-state index in [9.17, 15) is 5.11 Å². The monoisotopic (exact) mass is 344 g/mol. The number of fused-ring (bicyclic) bond motifs is 1. The van der Waals surface area contributed by atoms with Crippen LogP contribution in [0.2, 0.25) is 0 Å². The van der Waals surface area contributed by atoms with Crippen LogP contribution in [0.5, 0.6) is 0 Å². The summed E-state index contributed by atoms with van der Waals surface area (Å²) in [4.78, 5) is 0. The molecule has 0 fully saturated rings. The number of hydrogen-bond acceptors (Lipinski definition) is 1. The summed E-state index contributed by atoms with van der Waals surface area (Å²) in [5, 5.41) is 10.3. The Bertz CT molecular complexity index is 478. The van der Waals surface area contributed by atoms with Crippen molar-refractivity contribution >= 4 is 37.9 Å². The molecule has 2 atom stereocenters. The highest BCUT2D eigenvalue weighted by atomic mass is 79.9. The summed E-state index contributed by atoms with van der Waals surface area (Å²) in [5.74, 6) is 0.179. The standard InChI is InChI=1S/C13H14Br2O/c1-6-4-5-9-7(2)11(14)12(15)8(3)10(9)13(6)16/h4-6,13,16H,1-3H3/t6-,13+/m1/s1. The van der Waals surface area contributed by atoms with Gasteiger partial charge in [-0.25, -0.2) is 0 Å². The molecule has 0 bridgehead atoms. The van der Waals surface area contributed by atoms with Gasteiger partial charge in [0.15, 0.2) is 0 Å². The Hall–Kier alpha value is -0.120. The molecule has 3 heteroatoms. The molecule has 0 aromatic heterocycles. The maximum atomic E-state index is 10.3. The molecule has 0 aliphatic heterocycles. The van der Waals surface area contributed by atoms with Crippen molar-refractivity contribution in [1.82, 2.24) is 0 Å². The van der Waals surface area contributed by atoms with Gasteiger partial charge in [0.2, 0.25) is 0 Å². The summed E-state index contributed by atoms with van der Waals surface area (Å²) in [6.07, 6.45) is 3.79. The van der Waals surface area contributed by atoms with Gasteiger partial charge in [0.1, 0.15) is 0 Å². The van der Waals surface area contributed by atoms with Crippen LogP contribution in [0.3, 0.4) is 0 Å². The molecule has 2 rings (SSSR count). The highest BCUT2D eigenvalue weighted by Gasteiger charge is 2.26. The van der Waals surface area contributed by atoms with Crippen molar-refractivity contribution < 1.29 is 5.11 Å². The van der Waals surface area contributed by atoms with E-state index in [1.165, 1.54) is 5.56 Å². The van der Waals surface area contributed by atoms with E-state index in [-0.39, 0.29) is 5.92 Å². The lowest BCUT2D eigenvalue weighted by atomic mass is 9.83. The SMILES string of the molecule is Cc1c(Br)c(Br)c(C)c2c1C=C[C@@H](C)[C@@H]2O. The summed E-state index contributed by atoms with van der Waals surface area (Å²) < 4.78 is 2.13. The van der Waals surface area contributed by atoms with Crippen LogP contribution in [0.15, 0.2) is 15.0 Å². The molecule has 1 N–H and O–H groups in total. The van der Waals surface area contributed by atoms with Crippen molar-refractivity contribution in [3.8, 4) is 0 Å². The average molecular weight is 346 g/mol. The first kappa shape index (κ1) is 12.3. The summed E-state index contributed by atoms with van der Waals surface area (Å²) >= 11 is 7.16. The lowest BCUT2D eigenvalue weighted by Crippen LogP contribution is -2.15. The molecule has 86 valence electrons. The van der Waals surface area contributed by atoms with E-state index in [4.69, 9.17) is 0 Å². The molecule has 0 unspecified atom stereocenters. The zero-order chi connectivity index (χ0) is 12.0. The zero-order valence-corrected chi connectivity index (χ0v) is 12.7. The minimum Gasteiger partial charge on any atom is -0.388 e. The van der Waals surface area contributed by atoms with Crippen LogP contribution in [-0.4, -0.2) is 5.11 Å². The zero-order valence-electron chi connectivity index (χ0n) is 9.51. The van der Waals surface area contributed by atoms with Crippen LogP contribution in [0.25, 0.3) is 6.08 Å². The molecule has 16 heavy (non-hydrogen) atoms. The Morgan fingerprint density at radius 2 is 1.69 bits per heavy atom. The molecule has 1 nitrogen and oxygen atoms in total. The van der Waals surface area contributed by atoms with Gasteiger partial charge in [0.05, 0.1) is 6.10 Å². The third-order valence-electron chi connectivity index (χ3n) is 3.31. The molecule has 1 aromatic carbocycles. The molecular formula is C13H14Br2O. The van der Waals surface area contributed by atoms with Gasteiger partial charge in [0.25, 0.3) is 0 Å². The number of hydrogen-bond donors (Lipinski definition) is 1. The fourth-order valence-corrected chi connectivity index (χ4v) is 3.20. The highest BCUT2D eigenvalue weighted by molar-refractivity contribution is 9.13. The number of aliphatic hydroxyl groups is 1. The largest absolute Gasteiger partial charge is 0.388 e. The lowest BCUT2D eigenvalue weighted by Gasteiger charge is -2.27. The molecule has 1 aliphatic carbocycles. The molecule has 0 heterocycles. The van der Waals surface area contributed by atoms with Crippen LogP contribution in [0.4, 0.5) is 0 Å². The second kappa shape index (κ2) is 4.28. The molecule has 0 radical (unpaired) electrons. The topological polar surface area (TPSA) is 20.2 Å². The Morgan fingerprint density at radius 1 is 1.12 bits per heavy atom. The van der Waals surface area contributed by atoms with Crippen LogP contribution < -0.4 is 0 Å². The van der Waals surface area contributed by atoms with Gasteiger partial charge in [-0.2, -0.15) is 0 Å². The maximum Gasteiger partial charge on any atom is 0.0858 e. The van der Waals surface area contributed by atoms with Crippen LogP contribution in [0.1, 0.15) is 35.3 Å². The summed E-state index contributed by atoms with van der Waals surface area (Å²) in [6, 6.07) is 0. The predicted molar refractivity (Wildman–Crippen MR) is 74.5 cm³/mol. The van der Waals surface area contributed by atoms with Gasteiger partial charge in [-0.1, -0.05) is 19.1 Å². The van der Waals surface area contributed by atoms with Gasteiger partial charge in [0, 0.05) is 14.9 Å². The maximum absolute atomic E-state index is 10.3. The third-order valence-corrected chi connectivity index (χ3v) is 5.82. The van der Waals surface area contributed by atoms with E-state index in [0.29, 0.717) is 0 Å². The second-order valence-corrected chi connectivity index (χ2v) is 5.95. The fraction of sp³-hybridized carbons (Fsp3) is 0.385. The first-order valence-electron chi connectivity index (χ1n) is 5.29.